The maximum absolute atomic E-state index is 14.1. The summed E-state index contributed by atoms with van der Waals surface area (Å²) in [5.41, 5.74) is 1.62. The number of hydrogen-bond acceptors (Lipinski definition) is 8. The maximum atomic E-state index is 14.1. The van der Waals surface area contributed by atoms with Gasteiger partial charge in [-0.15, -0.1) is 11.8 Å². The predicted molar refractivity (Wildman–Crippen MR) is 165 cm³/mol. The molecule has 1 aromatic heterocycles. The first-order valence-electron chi connectivity index (χ1n) is 14.0. The second kappa shape index (κ2) is 13.1. The molecule has 0 unspecified atom stereocenters. The number of benzene rings is 2. The van der Waals surface area contributed by atoms with Crippen molar-refractivity contribution >= 4 is 50.0 Å². The summed E-state index contributed by atoms with van der Waals surface area (Å²) >= 11 is 3.72. The van der Waals surface area contributed by atoms with Crippen LogP contribution >= 0.6 is 23.5 Å². The molecule has 210 valence electrons. The average molecular weight is 586 g/mol. The Morgan fingerprint density at radius 2 is 1.85 bits per heavy atom. The predicted octanol–water partition coefficient (Wildman–Crippen LogP) is 6.38. The van der Waals surface area contributed by atoms with Gasteiger partial charge < -0.3 is 9.64 Å². The molecule has 2 fully saturated rings. The Hall–Kier alpha value is -1.94. The van der Waals surface area contributed by atoms with Crippen LogP contribution in [0.15, 0.2) is 63.3 Å². The van der Waals surface area contributed by atoms with Crippen molar-refractivity contribution in [2.24, 2.45) is 0 Å². The van der Waals surface area contributed by atoms with Crippen molar-refractivity contribution in [1.29, 1.82) is 0 Å². The number of rotatable bonds is 9. The van der Waals surface area contributed by atoms with E-state index < -0.39 is 9.84 Å². The molecule has 0 atom stereocenters. The van der Waals surface area contributed by atoms with Crippen molar-refractivity contribution < 1.29 is 13.2 Å². The number of pyridine rings is 1. The Bertz CT molecular complexity index is 1360. The number of nitrogens with zero attached hydrogens (tertiary/aromatic N) is 3. The van der Waals surface area contributed by atoms with E-state index in [-0.39, 0.29) is 9.79 Å². The van der Waals surface area contributed by atoms with Gasteiger partial charge in [0.1, 0.15) is 10.6 Å². The lowest BCUT2D eigenvalue weighted by Crippen LogP contribution is -2.40. The molecule has 5 rings (SSSR count). The normalized spacial score (nSPS) is 17.8. The quantitative estimate of drug-likeness (QED) is 0.212. The van der Waals surface area contributed by atoms with E-state index in [1.165, 1.54) is 24.3 Å². The molecule has 2 aliphatic heterocycles. The molecule has 3 aromatic rings. The van der Waals surface area contributed by atoms with Crippen molar-refractivity contribution in [1.82, 2.24) is 9.88 Å². The topological polar surface area (TPSA) is 62.7 Å². The van der Waals surface area contributed by atoms with Crippen LogP contribution in [0.4, 0.5) is 5.69 Å². The van der Waals surface area contributed by atoms with Crippen LogP contribution in [0.1, 0.15) is 39.0 Å². The van der Waals surface area contributed by atoms with E-state index in [4.69, 9.17) is 4.74 Å². The Labute approximate surface area is 241 Å². The van der Waals surface area contributed by atoms with Crippen LogP contribution in [0.25, 0.3) is 10.9 Å². The smallest absolute Gasteiger partial charge is 0.210 e. The Kier molecular flexibility index (Phi) is 9.64. The highest BCUT2D eigenvalue weighted by molar-refractivity contribution is 7.99. The number of ether oxygens (including phenoxy) is 1. The molecule has 0 bridgehead atoms. The summed E-state index contributed by atoms with van der Waals surface area (Å²) in [7, 11) is -3.80. The van der Waals surface area contributed by atoms with Gasteiger partial charge >= 0.3 is 0 Å². The molecular formula is C30H39N3O3S3. The first kappa shape index (κ1) is 28.6. The first-order chi connectivity index (χ1) is 19.0. The second-order valence-electron chi connectivity index (χ2n) is 10.3. The molecule has 2 aromatic carbocycles. The van der Waals surface area contributed by atoms with Gasteiger partial charge in [-0.3, -0.25) is 9.88 Å². The van der Waals surface area contributed by atoms with Gasteiger partial charge in [-0.2, -0.15) is 11.8 Å². The van der Waals surface area contributed by atoms with E-state index in [2.05, 4.69) is 45.6 Å². The van der Waals surface area contributed by atoms with E-state index >= 15 is 0 Å². The largest absolute Gasteiger partial charge is 0.494 e. The van der Waals surface area contributed by atoms with Gasteiger partial charge in [-0.1, -0.05) is 13.3 Å². The van der Waals surface area contributed by atoms with Gasteiger partial charge in [-0.05, 0) is 85.9 Å². The molecule has 6 nitrogen and oxygen atoms in total. The van der Waals surface area contributed by atoms with Crippen molar-refractivity contribution in [2.45, 2.75) is 59.8 Å². The van der Waals surface area contributed by atoms with Crippen LogP contribution in [-0.4, -0.2) is 74.9 Å². The Morgan fingerprint density at radius 1 is 1.05 bits per heavy atom. The third kappa shape index (κ3) is 6.53. The highest BCUT2D eigenvalue weighted by Gasteiger charge is 2.30. The van der Waals surface area contributed by atoms with E-state index in [1.54, 1.807) is 42.2 Å². The average Bonchev–Trinajstić information content (AvgIpc) is 3.23. The monoisotopic (exact) mass is 585 g/mol. The summed E-state index contributed by atoms with van der Waals surface area (Å²) in [5.74, 6) is 3.17. The summed E-state index contributed by atoms with van der Waals surface area (Å²) in [6.07, 6.45) is 9.14. The van der Waals surface area contributed by atoms with Crippen LogP contribution in [0.2, 0.25) is 0 Å². The zero-order chi connectivity index (χ0) is 27.2. The lowest BCUT2D eigenvalue weighted by atomic mass is 10.1. The van der Waals surface area contributed by atoms with Gasteiger partial charge in [-0.25, -0.2) is 8.42 Å². The molecule has 9 heteroatoms. The SMILES string of the molecule is CCCCOc1ccc(S(=O)(=O)c2cnc3ccc(SC)cc3c2N2CCCN(C3CCSCC3)CC2)cc1. The van der Waals surface area contributed by atoms with E-state index in [0.717, 1.165) is 66.9 Å². The number of hydrogen-bond donors (Lipinski definition) is 0. The molecule has 39 heavy (non-hydrogen) atoms. The maximum Gasteiger partial charge on any atom is 0.210 e. The molecule has 0 spiro atoms. The number of unbranched alkanes of at least 4 members (excludes halogenated alkanes) is 1. The van der Waals surface area contributed by atoms with Crippen molar-refractivity contribution in [3.63, 3.8) is 0 Å². The molecule has 0 aliphatic carbocycles. The van der Waals surface area contributed by atoms with E-state index in [9.17, 15) is 8.42 Å². The lowest BCUT2D eigenvalue weighted by Gasteiger charge is -2.33. The summed E-state index contributed by atoms with van der Waals surface area (Å²) < 4.78 is 34.1. The van der Waals surface area contributed by atoms with E-state index in [0.29, 0.717) is 18.4 Å². The first-order valence-corrected chi connectivity index (χ1v) is 17.9. The zero-order valence-corrected chi connectivity index (χ0v) is 25.4. The molecule has 0 N–H and O–H groups in total. The molecule has 0 radical (unpaired) electrons. The fourth-order valence-electron chi connectivity index (χ4n) is 5.54. The van der Waals surface area contributed by atoms with Gasteiger partial charge in [0, 0.05) is 48.7 Å². The minimum Gasteiger partial charge on any atom is -0.494 e. The third-order valence-corrected chi connectivity index (χ3v) is 11.3. The molecule has 3 heterocycles. The van der Waals surface area contributed by atoms with E-state index in [1.807, 2.05) is 12.3 Å². The molecule has 2 saturated heterocycles. The molecular weight excluding hydrogens is 547 g/mol. The number of thioether (sulfide) groups is 2. The summed E-state index contributed by atoms with van der Waals surface area (Å²) in [4.78, 5) is 11.2. The third-order valence-electron chi connectivity index (χ3n) is 7.76. The highest BCUT2D eigenvalue weighted by Crippen LogP contribution is 2.38. The molecule has 0 amide bonds. The summed E-state index contributed by atoms with van der Waals surface area (Å²) in [6.45, 7) is 6.39. The summed E-state index contributed by atoms with van der Waals surface area (Å²) in [5, 5.41) is 0.907. The van der Waals surface area contributed by atoms with Crippen LogP contribution in [-0.2, 0) is 9.84 Å². The number of anilines is 1. The van der Waals surface area contributed by atoms with Crippen LogP contribution in [0, 0.1) is 0 Å². The number of aromatic nitrogens is 1. The number of fused-ring (bicyclic) bond motifs is 1. The minimum atomic E-state index is -3.80. The zero-order valence-electron chi connectivity index (χ0n) is 23.0. The lowest BCUT2D eigenvalue weighted by molar-refractivity contribution is 0.198. The van der Waals surface area contributed by atoms with Crippen molar-refractivity contribution in [2.75, 3.05) is 55.4 Å². The van der Waals surface area contributed by atoms with Crippen LogP contribution in [0.5, 0.6) is 5.75 Å². The Morgan fingerprint density at radius 3 is 2.59 bits per heavy atom. The summed E-state index contributed by atoms with van der Waals surface area (Å²) in [6, 6.07) is 13.6. The van der Waals surface area contributed by atoms with Gasteiger partial charge in [0.25, 0.3) is 0 Å². The van der Waals surface area contributed by atoms with Crippen molar-refractivity contribution in [3.05, 3.63) is 48.7 Å². The second-order valence-corrected chi connectivity index (χ2v) is 14.3. The molecule has 0 saturated carbocycles. The number of sulfone groups is 1. The van der Waals surface area contributed by atoms with Crippen LogP contribution < -0.4 is 9.64 Å². The van der Waals surface area contributed by atoms with Crippen molar-refractivity contribution in [3.8, 4) is 5.75 Å². The Balaban J connectivity index is 1.51. The highest BCUT2D eigenvalue weighted by atomic mass is 32.2. The minimum absolute atomic E-state index is 0.268. The molecule has 2 aliphatic rings. The van der Waals surface area contributed by atoms with Crippen LogP contribution in [0.3, 0.4) is 0 Å². The fourth-order valence-corrected chi connectivity index (χ4v) is 8.50. The fraction of sp³-hybridized carbons (Fsp3) is 0.500. The van der Waals surface area contributed by atoms with Gasteiger partial charge in [0.15, 0.2) is 0 Å². The van der Waals surface area contributed by atoms with Gasteiger partial charge in [0.2, 0.25) is 9.84 Å². The van der Waals surface area contributed by atoms with Gasteiger partial charge in [0.05, 0.1) is 22.7 Å². The standard InChI is InChI=1S/C30H39N3O3S3/c1-3-4-18-36-24-6-9-26(10-7-24)39(34,35)29-22-31-28-11-8-25(37-2)21-27(28)30(29)33-15-5-14-32(16-17-33)23-12-19-38-20-13-23/h6-11,21-23H,3-5,12-20H2,1-2H3.